The molecule has 0 spiro atoms. The zero-order chi connectivity index (χ0) is 18.0. The van der Waals surface area contributed by atoms with Crippen LogP contribution in [0.4, 0.5) is 10.7 Å². The van der Waals surface area contributed by atoms with Gasteiger partial charge in [0.05, 0.1) is 22.6 Å². The molecule has 0 aliphatic heterocycles. The SMILES string of the molecule is COC(=O)Nc1nc2ccccc2n1C(=N)Oc1ccc(C)cc1Br. The monoisotopic (exact) mass is 402 g/mol. The van der Waals surface area contributed by atoms with Gasteiger partial charge in [-0.3, -0.25) is 10.7 Å². The van der Waals surface area contributed by atoms with Crippen molar-refractivity contribution in [2.75, 3.05) is 12.4 Å². The third kappa shape index (κ3) is 3.48. The highest BCUT2D eigenvalue weighted by molar-refractivity contribution is 9.10. The molecule has 0 saturated heterocycles. The molecular weight excluding hydrogens is 388 g/mol. The maximum absolute atomic E-state index is 11.6. The van der Waals surface area contributed by atoms with Crippen molar-refractivity contribution in [3.05, 3.63) is 52.5 Å². The summed E-state index contributed by atoms with van der Waals surface area (Å²) in [5.41, 5.74) is 2.30. The summed E-state index contributed by atoms with van der Waals surface area (Å²) in [6.07, 6.45) is -0.680. The van der Waals surface area contributed by atoms with Crippen molar-refractivity contribution in [1.29, 1.82) is 5.41 Å². The van der Waals surface area contributed by atoms with Crippen LogP contribution in [-0.2, 0) is 4.74 Å². The number of ether oxygens (including phenoxy) is 2. The van der Waals surface area contributed by atoms with E-state index in [-0.39, 0.29) is 12.0 Å². The molecule has 7 nitrogen and oxygen atoms in total. The summed E-state index contributed by atoms with van der Waals surface area (Å²) in [4.78, 5) is 15.9. The van der Waals surface area contributed by atoms with E-state index in [0.29, 0.717) is 16.8 Å². The first kappa shape index (κ1) is 17.0. The Hall–Kier alpha value is -2.87. The van der Waals surface area contributed by atoms with Gasteiger partial charge in [0.15, 0.2) is 0 Å². The van der Waals surface area contributed by atoms with Gasteiger partial charge < -0.3 is 9.47 Å². The van der Waals surface area contributed by atoms with E-state index in [2.05, 4.69) is 31.0 Å². The molecule has 0 bridgehead atoms. The zero-order valence-electron chi connectivity index (χ0n) is 13.5. The van der Waals surface area contributed by atoms with Gasteiger partial charge >= 0.3 is 12.1 Å². The molecule has 8 heteroatoms. The van der Waals surface area contributed by atoms with Crippen LogP contribution in [0.3, 0.4) is 0 Å². The normalized spacial score (nSPS) is 10.5. The first-order chi connectivity index (χ1) is 12.0. The highest BCUT2D eigenvalue weighted by atomic mass is 79.9. The van der Waals surface area contributed by atoms with E-state index < -0.39 is 6.09 Å². The molecule has 0 aliphatic rings. The van der Waals surface area contributed by atoms with E-state index in [4.69, 9.17) is 10.1 Å². The summed E-state index contributed by atoms with van der Waals surface area (Å²) >= 11 is 3.42. The highest BCUT2D eigenvalue weighted by Gasteiger charge is 2.18. The van der Waals surface area contributed by atoms with Gasteiger partial charge in [-0.15, -0.1) is 0 Å². The molecule has 0 atom stereocenters. The lowest BCUT2D eigenvalue weighted by Gasteiger charge is -2.13. The average Bonchev–Trinajstić information content (AvgIpc) is 2.95. The van der Waals surface area contributed by atoms with E-state index in [1.165, 1.54) is 11.7 Å². The number of amides is 1. The number of carbonyl (C=O) groups is 1. The standard InChI is InChI=1S/C17H15BrN4O3/c1-10-7-8-14(11(18)9-10)25-15(19)22-13-6-4-3-5-12(13)20-16(22)21-17(23)24-2/h3-9,19H,1-2H3,(H,20,21,23). The molecule has 25 heavy (non-hydrogen) atoms. The molecule has 0 unspecified atom stereocenters. The van der Waals surface area contributed by atoms with Gasteiger partial charge in [0.2, 0.25) is 5.95 Å². The fourth-order valence-corrected chi connectivity index (χ4v) is 2.87. The van der Waals surface area contributed by atoms with Crippen LogP contribution in [0, 0.1) is 12.3 Å². The molecule has 1 aromatic heterocycles. The molecule has 1 amide bonds. The third-order valence-electron chi connectivity index (χ3n) is 3.46. The summed E-state index contributed by atoms with van der Waals surface area (Å²) in [6.45, 7) is 1.96. The number of fused-ring (bicyclic) bond motifs is 1. The molecule has 0 saturated carbocycles. The Kier molecular flexibility index (Phi) is 4.71. The number of aryl methyl sites for hydroxylation is 1. The zero-order valence-corrected chi connectivity index (χ0v) is 15.1. The second-order valence-electron chi connectivity index (χ2n) is 5.22. The van der Waals surface area contributed by atoms with Crippen molar-refractivity contribution in [2.45, 2.75) is 6.92 Å². The molecule has 2 aromatic carbocycles. The number of methoxy groups -OCH3 is 1. The minimum Gasteiger partial charge on any atom is -0.453 e. The van der Waals surface area contributed by atoms with E-state index in [0.717, 1.165) is 10.0 Å². The predicted octanol–water partition coefficient (Wildman–Crippen LogP) is 4.15. The van der Waals surface area contributed by atoms with Crippen molar-refractivity contribution < 1.29 is 14.3 Å². The summed E-state index contributed by atoms with van der Waals surface area (Å²) < 4.78 is 12.4. The molecule has 0 radical (unpaired) electrons. The predicted molar refractivity (Wildman–Crippen MR) is 98.4 cm³/mol. The van der Waals surface area contributed by atoms with Crippen LogP contribution in [0.1, 0.15) is 5.56 Å². The lowest BCUT2D eigenvalue weighted by molar-refractivity contribution is 0.186. The van der Waals surface area contributed by atoms with Gasteiger partial charge in [-0.05, 0) is 52.7 Å². The van der Waals surface area contributed by atoms with Crippen molar-refractivity contribution in [3.63, 3.8) is 0 Å². The molecule has 3 aromatic rings. The number of nitrogens with one attached hydrogen (secondary N) is 2. The quantitative estimate of drug-likeness (QED) is 0.497. The summed E-state index contributed by atoms with van der Waals surface area (Å²) in [5, 5.41) is 10.8. The van der Waals surface area contributed by atoms with Crippen LogP contribution in [0.25, 0.3) is 11.0 Å². The van der Waals surface area contributed by atoms with Crippen LogP contribution in [0.15, 0.2) is 46.9 Å². The smallest absolute Gasteiger partial charge is 0.413 e. The molecule has 128 valence electrons. The maximum atomic E-state index is 11.6. The van der Waals surface area contributed by atoms with Gasteiger partial charge in [0.25, 0.3) is 0 Å². The Morgan fingerprint density at radius 1 is 1.28 bits per heavy atom. The Morgan fingerprint density at radius 2 is 2.04 bits per heavy atom. The Morgan fingerprint density at radius 3 is 2.76 bits per heavy atom. The number of hydrogen-bond acceptors (Lipinski definition) is 5. The summed E-state index contributed by atoms with van der Waals surface area (Å²) in [6, 6.07) is 12.5. The Balaban J connectivity index is 2.01. The topological polar surface area (TPSA) is 89.2 Å². The Labute approximate surface area is 152 Å². The number of rotatable bonds is 2. The number of imidazole rings is 1. The van der Waals surface area contributed by atoms with Gasteiger partial charge in [-0.1, -0.05) is 18.2 Å². The van der Waals surface area contributed by atoms with E-state index in [1.807, 2.05) is 31.2 Å². The van der Waals surface area contributed by atoms with Gasteiger partial charge in [-0.2, -0.15) is 0 Å². The molecule has 2 N–H and O–H groups in total. The minimum absolute atomic E-state index is 0.140. The number of halogens is 1. The van der Waals surface area contributed by atoms with E-state index in [9.17, 15) is 4.79 Å². The van der Waals surface area contributed by atoms with Crippen molar-refractivity contribution in [3.8, 4) is 5.75 Å². The second-order valence-corrected chi connectivity index (χ2v) is 6.07. The number of anilines is 1. The minimum atomic E-state index is -0.680. The van der Waals surface area contributed by atoms with Crippen LogP contribution >= 0.6 is 15.9 Å². The fraction of sp³-hybridized carbons (Fsp3) is 0.118. The maximum Gasteiger partial charge on any atom is 0.413 e. The fourth-order valence-electron chi connectivity index (χ4n) is 2.30. The lowest BCUT2D eigenvalue weighted by atomic mass is 10.2. The van der Waals surface area contributed by atoms with E-state index in [1.54, 1.807) is 18.2 Å². The molecular formula is C17H15BrN4O3. The van der Waals surface area contributed by atoms with Gasteiger partial charge in [0, 0.05) is 0 Å². The Bertz CT molecular complexity index is 968. The number of hydrogen-bond donors (Lipinski definition) is 2. The number of para-hydroxylation sites is 2. The summed E-state index contributed by atoms with van der Waals surface area (Å²) in [5.74, 6) is 0.624. The van der Waals surface area contributed by atoms with E-state index >= 15 is 0 Å². The second kappa shape index (κ2) is 6.94. The molecule has 3 rings (SSSR count). The molecule has 1 heterocycles. The third-order valence-corrected chi connectivity index (χ3v) is 4.08. The van der Waals surface area contributed by atoms with Crippen LogP contribution in [0.2, 0.25) is 0 Å². The van der Waals surface area contributed by atoms with Gasteiger partial charge in [-0.25, -0.2) is 14.3 Å². The number of aromatic nitrogens is 2. The molecule has 0 aliphatic carbocycles. The van der Waals surface area contributed by atoms with Crippen LogP contribution in [-0.4, -0.2) is 28.8 Å². The van der Waals surface area contributed by atoms with Crippen molar-refractivity contribution in [2.24, 2.45) is 0 Å². The lowest BCUT2D eigenvalue weighted by Crippen LogP contribution is -2.23. The largest absolute Gasteiger partial charge is 0.453 e. The average molecular weight is 403 g/mol. The van der Waals surface area contributed by atoms with Crippen molar-refractivity contribution in [1.82, 2.24) is 9.55 Å². The number of carbonyl (C=O) groups excluding carboxylic acids is 1. The summed E-state index contributed by atoms with van der Waals surface area (Å²) in [7, 11) is 1.26. The molecule has 0 fully saturated rings. The van der Waals surface area contributed by atoms with Crippen LogP contribution in [0.5, 0.6) is 5.75 Å². The number of nitrogens with zero attached hydrogens (tertiary/aromatic N) is 2. The van der Waals surface area contributed by atoms with Crippen molar-refractivity contribution >= 4 is 45.0 Å². The first-order valence-electron chi connectivity index (χ1n) is 7.35. The van der Waals surface area contributed by atoms with Crippen LogP contribution < -0.4 is 10.1 Å². The van der Waals surface area contributed by atoms with Gasteiger partial charge in [0.1, 0.15) is 5.75 Å². The highest BCUT2D eigenvalue weighted by Crippen LogP contribution is 2.27. The number of benzene rings is 2. The first-order valence-corrected chi connectivity index (χ1v) is 8.14.